The van der Waals surface area contributed by atoms with Crippen LogP contribution in [0.15, 0.2) is 18.2 Å². The molecule has 0 aromatic heterocycles. The maximum absolute atomic E-state index is 11.9. The van der Waals surface area contributed by atoms with Gasteiger partial charge >= 0.3 is 0 Å². The molecule has 1 fully saturated rings. The molecule has 0 saturated carbocycles. The molecular weight excluding hydrogens is 270 g/mol. The Morgan fingerprint density at radius 3 is 2.81 bits per heavy atom. The lowest BCUT2D eigenvalue weighted by Gasteiger charge is -2.11. The Hall–Kier alpha value is -1.75. The first kappa shape index (κ1) is 15.6. The van der Waals surface area contributed by atoms with Gasteiger partial charge < -0.3 is 19.5 Å². The number of ether oxygens (including phenoxy) is 3. The summed E-state index contributed by atoms with van der Waals surface area (Å²) in [7, 11) is 3.18. The highest BCUT2D eigenvalue weighted by Gasteiger charge is 2.15. The van der Waals surface area contributed by atoms with Crippen LogP contribution in [0.3, 0.4) is 0 Å². The second kappa shape index (κ2) is 7.88. The Bertz CT molecular complexity index is 469. The van der Waals surface area contributed by atoms with Gasteiger partial charge in [0.2, 0.25) is 5.91 Å². The van der Waals surface area contributed by atoms with Gasteiger partial charge in [0, 0.05) is 19.8 Å². The van der Waals surface area contributed by atoms with Crippen LogP contribution >= 0.6 is 0 Å². The van der Waals surface area contributed by atoms with E-state index in [4.69, 9.17) is 14.2 Å². The Kier molecular flexibility index (Phi) is 5.87. The number of rotatable bonds is 7. The average Bonchev–Trinajstić information content (AvgIpc) is 3.00. The fourth-order valence-electron chi connectivity index (χ4n) is 2.47. The lowest BCUT2D eigenvalue weighted by atomic mass is 10.1. The summed E-state index contributed by atoms with van der Waals surface area (Å²) in [5.41, 5.74) is 0.911. The fourth-order valence-corrected chi connectivity index (χ4v) is 2.47. The van der Waals surface area contributed by atoms with Crippen molar-refractivity contribution in [2.75, 3.05) is 34.0 Å². The van der Waals surface area contributed by atoms with Crippen LogP contribution in [0.2, 0.25) is 0 Å². The van der Waals surface area contributed by atoms with Gasteiger partial charge in [-0.2, -0.15) is 0 Å². The Morgan fingerprint density at radius 1 is 1.33 bits per heavy atom. The van der Waals surface area contributed by atoms with E-state index in [1.807, 2.05) is 18.2 Å². The van der Waals surface area contributed by atoms with Crippen LogP contribution in [0.4, 0.5) is 0 Å². The third kappa shape index (κ3) is 4.63. The quantitative estimate of drug-likeness (QED) is 0.832. The molecule has 1 aliphatic rings. The molecule has 1 amide bonds. The van der Waals surface area contributed by atoms with Gasteiger partial charge in [0.25, 0.3) is 0 Å². The van der Waals surface area contributed by atoms with Crippen LogP contribution in [0.25, 0.3) is 0 Å². The number of nitrogens with one attached hydrogen (secondary N) is 1. The van der Waals surface area contributed by atoms with Crippen LogP contribution in [-0.2, 0) is 16.0 Å². The van der Waals surface area contributed by atoms with E-state index in [0.717, 1.165) is 31.6 Å². The van der Waals surface area contributed by atoms with Crippen molar-refractivity contribution in [1.29, 1.82) is 0 Å². The number of methoxy groups -OCH3 is 2. The lowest BCUT2D eigenvalue weighted by Crippen LogP contribution is -2.27. The Balaban J connectivity index is 1.78. The third-order valence-electron chi connectivity index (χ3n) is 3.71. The minimum absolute atomic E-state index is 0.0288. The highest BCUT2D eigenvalue weighted by molar-refractivity contribution is 5.78. The van der Waals surface area contributed by atoms with Gasteiger partial charge in [0.05, 0.1) is 20.6 Å². The summed E-state index contributed by atoms with van der Waals surface area (Å²) in [4.78, 5) is 11.9. The second-order valence-electron chi connectivity index (χ2n) is 5.23. The van der Waals surface area contributed by atoms with Crippen molar-refractivity contribution in [3.05, 3.63) is 23.8 Å². The molecule has 0 bridgehead atoms. The third-order valence-corrected chi connectivity index (χ3v) is 3.71. The van der Waals surface area contributed by atoms with Crippen molar-refractivity contribution in [1.82, 2.24) is 5.32 Å². The predicted octanol–water partition coefficient (Wildman–Crippen LogP) is 1.79. The fraction of sp³-hybridized carbons (Fsp3) is 0.562. The number of hydrogen-bond donors (Lipinski definition) is 1. The van der Waals surface area contributed by atoms with E-state index < -0.39 is 0 Å². The molecule has 1 aromatic carbocycles. The van der Waals surface area contributed by atoms with E-state index in [9.17, 15) is 4.79 Å². The molecule has 2 rings (SSSR count). The summed E-state index contributed by atoms with van der Waals surface area (Å²) in [5.74, 6) is 1.93. The number of amides is 1. The normalized spacial score (nSPS) is 17.5. The molecule has 116 valence electrons. The largest absolute Gasteiger partial charge is 0.493 e. The zero-order valence-electron chi connectivity index (χ0n) is 12.7. The van der Waals surface area contributed by atoms with E-state index >= 15 is 0 Å². The number of carbonyl (C=O) groups is 1. The molecule has 1 heterocycles. The van der Waals surface area contributed by atoms with Gasteiger partial charge in [-0.05, 0) is 36.5 Å². The van der Waals surface area contributed by atoms with Gasteiger partial charge in [0.1, 0.15) is 0 Å². The van der Waals surface area contributed by atoms with Crippen LogP contribution < -0.4 is 14.8 Å². The molecule has 1 aromatic rings. The molecule has 21 heavy (non-hydrogen) atoms. The van der Waals surface area contributed by atoms with E-state index in [0.29, 0.717) is 30.4 Å². The lowest BCUT2D eigenvalue weighted by molar-refractivity contribution is -0.120. The summed E-state index contributed by atoms with van der Waals surface area (Å²) in [6.45, 7) is 2.38. The van der Waals surface area contributed by atoms with Crippen LogP contribution in [0.5, 0.6) is 11.5 Å². The van der Waals surface area contributed by atoms with Crippen molar-refractivity contribution in [2.24, 2.45) is 5.92 Å². The van der Waals surface area contributed by atoms with E-state index in [-0.39, 0.29) is 5.91 Å². The summed E-state index contributed by atoms with van der Waals surface area (Å²) < 4.78 is 15.7. The maximum Gasteiger partial charge on any atom is 0.224 e. The highest BCUT2D eigenvalue weighted by atomic mass is 16.5. The first-order valence-electron chi connectivity index (χ1n) is 7.28. The average molecular weight is 293 g/mol. The molecule has 0 spiro atoms. The minimum atomic E-state index is 0.0288. The second-order valence-corrected chi connectivity index (χ2v) is 5.23. The van der Waals surface area contributed by atoms with Crippen molar-refractivity contribution < 1.29 is 19.0 Å². The van der Waals surface area contributed by atoms with Gasteiger partial charge in [-0.15, -0.1) is 0 Å². The van der Waals surface area contributed by atoms with Crippen molar-refractivity contribution >= 4 is 5.91 Å². The molecule has 0 radical (unpaired) electrons. The van der Waals surface area contributed by atoms with Crippen molar-refractivity contribution in [2.45, 2.75) is 19.3 Å². The summed E-state index contributed by atoms with van der Waals surface area (Å²) >= 11 is 0. The Morgan fingerprint density at radius 2 is 2.14 bits per heavy atom. The molecule has 5 heteroatoms. The SMILES string of the molecule is COc1ccc(CC(=O)NCCC2CCOC2)cc1OC. The van der Waals surface area contributed by atoms with Crippen LogP contribution in [-0.4, -0.2) is 39.9 Å². The van der Waals surface area contributed by atoms with Crippen LogP contribution in [0, 0.1) is 5.92 Å². The molecule has 1 saturated heterocycles. The van der Waals surface area contributed by atoms with Gasteiger partial charge in [0.15, 0.2) is 11.5 Å². The van der Waals surface area contributed by atoms with Crippen molar-refractivity contribution in [3.8, 4) is 11.5 Å². The van der Waals surface area contributed by atoms with Gasteiger partial charge in [-0.25, -0.2) is 0 Å². The first-order valence-corrected chi connectivity index (χ1v) is 7.28. The summed E-state index contributed by atoms with van der Waals surface area (Å²) in [5, 5.41) is 2.96. The topological polar surface area (TPSA) is 56.8 Å². The number of carbonyl (C=O) groups excluding carboxylic acids is 1. The zero-order valence-corrected chi connectivity index (χ0v) is 12.7. The first-order chi connectivity index (χ1) is 10.2. The molecular formula is C16H23NO4. The van der Waals surface area contributed by atoms with Crippen molar-refractivity contribution in [3.63, 3.8) is 0 Å². The predicted molar refractivity (Wildman–Crippen MR) is 79.8 cm³/mol. The highest BCUT2D eigenvalue weighted by Crippen LogP contribution is 2.27. The maximum atomic E-state index is 11.9. The zero-order chi connectivity index (χ0) is 15.1. The van der Waals surface area contributed by atoms with Crippen LogP contribution in [0.1, 0.15) is 18.4 Å². The monoisotopic (exact) mass is 293 g/mol. The minimum Gasteiger partial charge on any atom is -0.493 e. The van der Waals surface area contributed by atoms with E-state index in [1.54, 1.807) is 14.2 Å². The molecule has 1 N–H and O–H groups in total. The van der Waals surface area contributed by atoms with Gasteiger partial charge in [-0.1, -0.05) is 6.07 Å². The smallest absolute Gasteiger partial charge is 0.224 e. The molecule has 1 atom stereocenters. The molecule has 1 unspecified atom stereocenters. The van der Waals surface area contributed by atoms with Gasteiger partial charge in [-0.3, -0.25) is 4.79 Å². The number of hydrogen-bond acceptors (Lipinski definition) is 4. The molecule has 1 aliphatic heterocycles. The van der Waals surface area contributed by atoms with E-state index in [2.05, 4.69) is 5.32 Å². The number of benzene rings is 1. The summed E-state index contributed by atoms with van der Waals surface area (Å²) in [6, 6.07) is 5.53. The summed E-state index contributed by atoms with van der Waals surface area (Å²) in [6.07, 6.45) is 2.44. The standard InChI is InChI=1S/C16H23NO4/c1-19-14-4-3-13(9-15(14)20-2)10-16(18)17-7-5-12-6-8-21-11-12/h3-4,9,12H,5-8,10-11H2,1-2H3,(H,17,18). The van der Waals surface area contributed by atoms with E-state index in [1.165, 1.54) is 0 Å². The molecule has 5 nitrogen and oxygen atoms in total. The Labute approximate surface area is 125 Å². The molecule has 0 aliphatic carbocycles.